The van der Waals surface area contributed by atoms with Crippen molar-refractivity contribution in [2.75, 3.05) is 26.2 Å². The quantitative estimate of drug-likeness (QED) is 0.738. The summed E-state index contributed by atoms with van der Waals surface area (Å²) in [5, 5.41) is 9.12. The Labute approximate surface area is 165 Å². The molecule has 4 heterocycles. The van der Waals surface area contributed by atoms with Gasteiger partial charge in [-0.05, 0) is 57.5 Å². The number of benzene rings is 1. The van der Waals surface area contributed by atoms with Crippen molar-refractivity contribution in [3.05, 3.63) is 41.7 Å². The Morgan fingerprint density at radius 1 is 1.00 bits per heavy atom. The minimum atomic E-state index is 0.447. The molecule has 1 atom stereocenters. The molecule has 7 nitrogen and oxygen atoms in total. The van der Waals surface area contributed by atoms with Gasteiger partial charge in [-0.3, -0.25) is 9.80 Å². The van der Waals surface area contributed by atoms with Gasteiger partial charge in [-0.2, -0.15) is 0 Å². The van der Waals surface area contributed by atoms with E-state index in [2.05, 4.69) is 54.8 Å². The molecule has 2 aliphatic rings. The average Bonchev–Trinajstić information content (AvgIpc) is 3.43. The fraction of sp³-hybridized carbons (Fsp3) is 0.571. The highest BCUT2D eigenvalue weighted by Crippen LogP contribution is 2.27. The molecule has 28 heavy (non-hydrogen) atoms. The predicted molar refractivity (Wildman–Crippen MR) is 109 cm³/mol. The van der Waals surface area contributed by atoms with Crippen LogP contribution < -0.4 is 0 Å². The van der Waals surface area contributed by atoms with Crippen LogP contribution in [0.25, 0.3) is 11.0 Å². The fourth-order valence-electron chi connectivity index (χ4n) is 4.71. The van der Waals surface area contributed by atoms with Crippen molar-refractivity contribution in [1.82, 2.24) is 34.5 Å². The highest BCUT2D eigenvalue weighted by Gasteiger charge is 2.27. The Bertz CT molecular complexity index is 904. The van der Waals surface area contributed by atoms with E-state index in [4.69, 9.17) is 4.98 Å². The molecular weight excluding hydrogens is 350 g/mol. The molecule has 1 unspecified atom stereocenters. The lowest BCUT2D eigenvalue weighted by molar-refractivity contribution is 0.191. The molecule has 1 aromatic carbocycles. The third-order valence-electron chi connectivity index (χ3n) is 6.24. The van der Waals surface area contributed by atoms with E-state index >= 15 is 0 Å². The van der Waals surface area contributed by atoms with Gasteiger partial charge in [0.25, 0.3) is 0 Å². The van der Waals surface area contributed by atoms with Crippen LogP contribution in [0, 0.1) is 0 Å². The summed E-state index contributed by atoms with van der Waals surface area (Å²) in [5.74, 6) is 3.74. The van der Waals surface area contributed by atoms with Crippen LogP contribution in [0.5, 0.6) is 0 Å². The summed E-state index contributed by atoms with van der Waals surface area (Å²) in [6.07, 6.45) is 5.00. The van der Waals surface area contributed by atoms with Crippen LogP contribution in [0.4, 0.5) is 0 Å². The number of hydrogen-bond acceptors (Lipinski definition) is 5. The molecule has 2 aliphatic heterocycles. The average molecular weight is 380 g/mol. The van der Waals surface area contributed by atoms with E-state index in [0.717, 1.165) is 54.7 Å². The Balaban J connectivity index is 1.27. The van der Waals surface area contributed by atoms with Gasteiger partial charge in [0.05, 0.1) is 24.1 Å². The van der Waals surface area contributed by atoms with Crippen LogP contribution >= 0.6 is 0 Å². The lowest BCUT2D eigenvalue weighted by atomic mass is 9.97. The van der Waals surface area contributed by atoms with Crippen LogP contribution in [0.3, 0.4) is 0 Å². The second-order valence-corrected chi connectivity index (χ2v) is 8.29. The van der Waals surface area contributed by atoms with E-state index in [9.17, 15) is 0 Å². The van der Waals surface area contributed by atoms with E-state index in [1.165, 1.54) is 38.8 Å². The summed E-state index contributed by atoms with van der Waals surface area (Å²) in [4.78, 5) is 13.2. The second-order valence-electron chi connectivity index (χ2n) is 8.29. The summed E-state index contributed by atoms with van der Waals surface area (Å²) in [7, 11) is 2.14. The Kier molecular flexibility index (Phi) is 4.86. The SMILES string of the molecule is Cn1c(CN2CCCC2)nnc1C1CCCN(Cc2nc3ccccc3[nH]2)C1. The van der Waals surface area contributed by atoms with Crippen LogP contribution in [-0.4, -0.2) is 60.7 Å². The Hall–Kier alpha value is -2.25. The van der Waals surface area contributed by atoms with Crippen LogP contribution in [0.2, 0.25) is 0 Å². The number of hydrogen-bond donors (Lipinski definition) is 1. The van der Waals surface area contributed by atoms with Gasteiger partial charge in [0.2, 0.25) is 0 Å². The number of aromatic nitrogens is 5. The molecule has 0 bridgehead atoms. The summed E-state index contributed by atoms with van der Waals surface area (Å²) in [6, 6.07) is 8.24. The molecule has 148 valence electrons. The number of likely N-dealkylation sites (tertiary alicyclic amines) is 2. The molecule has 0 amide bonds. The van der Waals surface area contributed by atoms with Crippen molar-refractivity contribution in [3.8, 4) is 0 Å². The lowest BCUT2D eigenvalue weighted by Gasteiger charge is -2.31. The molecule has 0 radical (unpaired) electrons. The van der Waals surface area contributed by atoms with E-state index in [-0.39, 0.29) is 0 Å². The van der Waals surface area contributed by atoms with Crippen molar-refractivity contribution in [3.63, 3.8) is 0 Å². The first-order chi connectivity index (χ1) is 13.8. The van der Waals surface area contributed by atoms with Gasteiger partial charge in [-0.25, -0.2) is 4.98 Å². The van der Waals surface area contributed by atoms with Crippen molar-refractivity contribution >= 4 is 11.0 Å². The summed E-state index contributed by atoms with van der Waals surface area (Å²) >= 11 is 0. The predicted octanol–water partition coefficient (Wildman–Crippen LogP) is 2.67. The van der Waals surface area contributed by atoms with Crippen LogP contribution in [0.1, 0.15) is 49.1 Å². The molecule has 0 saturated carbocycles. The van der Waals surface area contributed by atoms with E-state index in [0.29, 0.717) is 5.92 Å². The van der Waals surface area contributed by atoms with E-state index in [1.807, 2.05) is 6.07 Å². The van der Waals surface area contributed by atoms with E-state index < -0.39 is 0 Å². The highest BCUT2D eigenvalue weighted by atomic mass is 15.3. The van der Waals surface area contributed by atoms with Crippen LogP contribution in [0.15, 0.2) is 24.3 Å². The van der Waals surface area contributed by atoms with Crippen LogP contribution in [-0.2, 0) is 20.1 Å². The first-order valence-corrected chi connectivity index (χ1v) is 10.5. The molecule has 1 N–H and O–H groups in total. The standard InChI is InChI=1S/C21H29N7/c1-26-20(15-27-10-4-5-11-27)24-25-21(26)16-7-6-12-28(13-16)14-19-22-17-8-2-3-9-18(17)23-19/h2-3,8-9,16H,4-7,10-15H2,1H3,(H,22,23). The monoisotopic (exact) mass is 379 g/mol. The third-order valence-corrected chi connectivity index (χ3v) is 6.24. The highest BCUT2D eigenvalue weighted by molar-refractivity contribution is 5.74. The number of para-hydroxylation sites is 2. The maximum atomic E-state index is 4.75. The Morgan fingerprint density at radius 2 is 1.82 bits per heavy atom. The second kappa shape index (κ2) is 7.64. The van der Waals surface area contributed by atoms with E-state index in [1.54, 1.807) is 0 Å². The normalized spacial score (nSPS) is 21.7. The minimum absolute atomic E-state index is 0.447. The van der Waals surface area contributed by atoms with Crippen molar-refractivity contribution in [1.29, 1.82) is 0 Å². The minimum Gasteiger partial charge on any atom is -0.341 e. The number of aromatic amines is 1. The number of rotatable bonds is 5. The molecule has 2 saturated heterocycles. The fourth-order valence-corrected chi connectivity index (χ4v) is 4.71. The largest absolute Gasteiger partial charge is 0.341 e. The maximum Gasteiger partial charge on any atom is 0.146 e. The third kappa shape index (κ3) is 3.56. The van der Waals surface area contributed by atoms with Gasteiger partial charge >= 0.3 is 0 Å². The first-order valence-electron chi connectivity index (χ1n) is 10.5. The molecule has 0 aliphatic carbocycles. The number of fused-ring (bicyclic) bond motifs is 1. The number of H-pyrrole nitrogens is 1. The zero-order chi connectivity index (χ0) is 18.9. The Morgan fingerprint density at radius 3 is 2.68 bits per heavy atom. The van der Waals surface area contributed by atoms with Gasteiger partial charge in [-0.15, -0.1) is 10.2 Å². The number of piperidine rings is 1. The smallest absolute Gasteiger partial charge is 0.146 e. The van der Waals surface area contributed by atoms with Gasteiger partial charge in [0.15, 0.2) is 0 Å². The molecule has 2 fully saturated rings. The maximum absolute atomic E-state index is 4.75. The molecule has 7 heteroatoms. The number of nitrogens with one attached hydrogen (secondary N) is 1. The summed E-state index contributed by atoms with van der Waals surface area (Å²) in [5.41, 5.74) is 2.16. The number of imidazole rings is 1. The zero-order valence-corrected chi connectivity index (χ0v) is 16.6. The lowest BCUT2D eigenvalue weighted by Crippen LogP contribution is -2.35. The van der Waals surface area contributed by atoms with Gasteiger partial charge in [-0.1, -0.05) is 12.1 Å². The van der Waals surface area contributed by atoms with Gasteiger partial charge in [0.1, 0.15) is 17.5 Å². The van der Waals surface area contributed by atoms with Gasteiger partial charge in [0, 0.05) is 19.5 Å². The molecular formula is C21H29N7. The van der Waals surface area contributed by atoms with Crippen molar-refractivity contribution in [2.45, 2.75) is 44.7 Å². The molecule has 3 aromatic rings. The molecule has 0 spiro atoms. The molecule has 2 aromatic heterocycles. The number of nitrogens with zero attached hydrogens (tertiary/aromatic N) is 6. The zero-order valence-electron chi connectivity index (χ0n) is 16.6. The van der Waals surface area contributed by atoms with Crippen molar-refractivity contribution < 1.29 is 0 Å². The summed E-state index contributed by atoms with van der Waals surface area (Å²) < 4.78 is 2.24. The van der Waals surface area contributed by atoms with Crippen molar-refractivity contribution in [2.24, 2.45) is 7.05 Å². The first kappa shape index (κ1) is 17.8. The summed E-state index contributed by atoms with van der Waals surface area (Å²) in [6.45, 7) is 6.31. The van der Waals surface area contributed by atoms with Gasteiger partial charge < -0.3 is 9.55 Å². The topological polar surface area (TPSA) is 65.9 Å². The molecule has 5 rings (SSSR count).